The van der Waals surface area contributed by atoms with Gasteiger partial charge >= 0.3 is 0 Å². The fraction of sp³-hybridized carbons (Fsp3) is 0.500. The lowest BCUT2D eigenvalue weighted by Gasteiger charge is -2.14. The minimum absolute atomic E-state index is 0.601. The molecule has 0 atom stereocenters. The zero-order valence-corrected chi connectivity index (χ0v) is 15.8. The zero-order chi connectivity index (χ0) is 17.8. The monoisotopic (exact) mass is 339 g/mol. The van der Waals surface area contributed by atoms with E-state index in [1.165, 1.54) is 24.0 Å². The first-order valence-electron chi connectivity index (χ1n) is 9.13. The van der Waals surface area contributed by atoms with Crippen LogP contribution in [-0.4, -0.2) is 42.1 Å². The van der Waals surface area contributed by atoms with Crippen LogP contribution in [-0.2, 0) is 0 Å². The lowest BCUT2D eigenvalue weighted by molar-refractivity contribution is 0.405. The molecule has 25 heavy (non-hydrogen) atoms. The number of nitrogens with one attached hydrogen (secondary N) is 2. The Balaban J connectivity index is 1.75. The van der Waals surface area contributed by atoms with E-state index in [0.29, 0.717) is 5.92 Å². The minimum Gasteiger partial charge on any atom is -0.354 e. The molecule has 1 aromatic heterocycles. The highest BCUT2D eigenvalue weighted by molar-refractivity contribution is 5.62. The maximum atomic E-state index is 4.72. The van der Waals surface area contributed by atoms with Crippen molar-refractivity contribution in [3.05, 3.63) is 41.1 Å². The van der Waals surface area contributed by atoms with Gasteiger partial charge in [0.1, 0.15) is 5.82 Å². The number of aryl methyl sites for hydroxylation is 2. The Morgan fingerprint density at radius 2 is 1.92 bits per heavy atom. The second-order valence-corrected chi connectivity index (χ2v) is 7.30. The van der Waals surface area contributed by atoms with Crippen LogP contribution in [0.15, 0.2) is 24.3 Å². The predicted octanol–water partition coefficient (Wildman–Crippen LogP) is 4.08. The van der Waals surface area contributed by atoms with Gasteiger partial charge in [0.15, 0.2) is 0 Å². The summed E-state index contributed by atoms with van der Waals surface area (Å²) in [5.41, 5.74) is 4.72. The van der Waals surface area contributed by atoms with Crippen LogP contribution in [0, 0.1) is 13.8 Å². The average molecular weight is 339 g/mol. The summed E-state index contributed by atoms with van der Waals surface area (Å²) in [6.07, 6.45) is 3.55. The van der Waals surface area contributed by atoms with E-state index in [9.17, 15) is 0 Å². The maximum Gasteiger partial charge on any atom is 0.224 e. The van der Waals surface area contributed by atoms with Crippen LogP contribution in [0.1, 0.15) is 42.0 Å². The van der Waals surface area contributed by atoms with E-state index in [1.807, 2.05) is 0 Å². The molecule has 1 fully saturated rings. The van der Waals surface area contributed by atoms with E-state index in [0.717, 1.165) is 42.7 Å². The van der Waals surface area contributed by atoms with E-state index in [1.54, 1.807) is 0 Å². The third kappa shape index (κ3) is 5.16. The van der Waals surface area contributed by atoms with Crippen LogP contribution in [0.5, 0.6) is 0 Å². The first-order valence-corrected chi connectivity index (χ1v) is 9.13. The number of nitrogens with zero attached hydrogens (tertiary/aromatic N) is 3. The summed E-state index contributed by atoms with van der Waals surface area (Å²) in [5.74, 6) is 2.21. The van der Waals surface area contributed by atoms with Gasteiger partial charge in [0.2, 0.25) is 5.95 Å². The number of aromatic nitrogens is 2. The summed E-state index contributed by atoms with van der Waals surface area (Å²) >= 11 is 0. The average Bonchev–Trinajstić information content (AvgIpc) is 3.40. The third-order valence-corrected chi connectivity index (χ3v) is 4.46. The molecule has 0 spiro atoms. The molecule has 0 amide bonds. The van der Waals surface area contributed by atoms with E-state index in [4.69, 9.17) is 4.98 Å². The molecule has 134 valence electrons. The minimum atomic E-state index is 0.601. The fourth-order valence-electron chi connectivity index (χ4n) is 2.80. The fourth-order valence-corrected chi connectivity index (χ4v) is 2.80. The summed E-state index contributed by atoms with van der Waals surface area (Å²) in [5, 5.41) is 6.87. The molecular formula is C20H29N5. The molecule has 2 aromatic rings. The highest BCUT2D eigenvalue weighted by atomic mass is 15.1. The molecule has 0 aliphatic heterocycles. The Morgan fingerprint density at radius 3 is 2.64 bits per heavy atom. The second kappa shape index (κ2) is 7.83. The van der Waals surface area contributed by atoms with Crippen molar-refractivity contribution in [3.63, 3.8) is 0 Å². The lowest BCUT2D eigenvalue weighted by Crippen LogP contribution is -2.17. The molecule has 5 heteroatoms. The van der Waals surface area contributed by atoms with Crippen LogP contribution >= 0.6 is 0 Å². The van der Waals surface area contributed by atoms with E-state index in [2.05, 4.69) is 72.7 Å². The molecular weight excluding hydrogens is 310 g/mol. The van der Waals surface area contributed by atoms with Crippen molar-refractivity contribution in [1.29, 1.82) is 0 Å². The number of benzene rings is 1. The first kappa shape index (κ1) is 17.7. The molecule has 1 aromatic carbocycles. The van der Waals surface area contributed by atoms with Crippen LogP contribution in [0.3, 0.4) is 0 Å². The topological polar surface area (TPSA) is 53.1 Å². The molecule has 1 aliphatic carbocycles. The molecule has 1 saturated carbocycles. The maximum absolute atomic E-state index is 4.72. The van der Waals surface area contributed by atoms with Gasteiger partial charge in [0, 0.05) is 24.2 Å². The van der Waals surface area contributed by atoms with Gasteiger partial charge in [-0.3, -0.25) is 0 Å². The number of rotatable bonds is 8. The molecule has 1 aliphatic rings. The summed E-state index contributed by atoms with van der Waals surface area (Å²) in [4.78, 5) is 11.6. The van der Waals surface area contributed by atoms with Gasteiger partial charge in [-0.1, -0.05) is 12.1 Å². The molecule has 0 bridgehead atoms. The van der Waals surface area contributed by atoms with Crippen molar-refractivity contribution >= 4 is 17.5 Å². The van der Waals surface area contributed by atoms with E-state index >= 15 is 0 Å². The Morgan fingerprint density at radius 1 is 1.12 bits per heavy atom. The Hall–Kier alpha value is -2.14. The van der Waals surface area contributed by atoms with Crippen molar-refractivity contribution in [1.82, 2.24) is 14.9 Å². The lowest BCUT2D eigenvalue weighted by atomic mass is 10.1. The van der Waals surface area contributed by atoms with Crippen LogP contribution in [0.2, 0.25) is 0 Å². The second-order valence-electron chi connectivity index (χ2n) is 7.30. The molecule has 5 nitrogen and oxygen atoms in total. The molecule has 2 N–H and O–H groups in total. The van der Waals surface area contributed by atoms with Gasteiger partial charge in [-0.15, -0.1) is 0 Å². The third-order valence-electron chi connectivity index (χ3n) is 4.46. The normalized spacial score (nSPS) is 14.0. The van der Waals surface area contributed by atoms with Crippen LogP contribution in [0.25, 0.3) is 0 Å². The van der Waals surface area contributed by atoms with Crippen LogP contribution < -0.4 is 10.6 Å². The summed E-state index contributed by atoms with van der Waals surface area (Å²) in [7, 11) is 4.19. The SMILES string of the molecule is Cc1ccc(C)c(Nc2cc(C3CC3)nc(NCCCN(C)C)n2)c1. The molecule has 3 rings (SSSR count). The summed E-state index contributed by atoms with van der Waals surface area (Å²) in [6.45, 7) is 6.17. The smallest absolute Gasteiger partial charge is 0.224 e. The first-order chi connectivity index (χ1) is 12.0. The molecule has 0 radical (unpaired) electrons. The van der Waals surface area contributed by atoms with Crippen molar-refractivity contribution in [2.45, 2.75) is 39.0 Å². The number of hydrogen-bond donors (Lipinski definition) is 2. The Labute approximate surface area is 150 Å². The Bertz CT molecular complexity index is 722. The molecule has 0 saturated heterocycles. The summed E-state index contributed by atoms with van der Waals surface area (Å²) in [6, 6.07) is 8.54. The summed E-state index contributed by atoms with van der Waals surface area (Å²) < 4.78 is 0. The molecule has 1 heterocycles. The predicted molar refractivity (Wildman–Crippen MR) is 105 cm³/mol. The Kier molecular flexibility index (Phi) is 5.53. The number of anilines is 3. The van der Waals surface area contributed by atoms with Crippen molar-refractivity contribution < 1.29 is 0 Å². The van der Waals surface area contributed by atoms with Gasteiger partial charge in [-0.25, -0.2) is 4.98 Å². The van der Waals surface area contributed by atoms with Gasteiger partial charge in [0.25, 0.3) is 0 Å². The van der Waals surface area contributed by atoms with Crippen molar-refractivity contribution in [2.75, 3.05) is 37.8 Å². The zero-order valence-electron chi connectivity index (χ0n) is 15.8. The highest BCUT2D eigenvalue weighted by Crippen LogP contribution is 2.40. The van der Waals surface area contributed by atoms with Gasteiger partial charge < -0.3 is 15.5 Å². The largest absolute Gasteiger partial charge is 0.354 e. The van der Waals surface area contributed by atoms with E-state index in [-0.39, 0.29) is 0 Å². The van der Waals surface area contributed by atoms with Gasteiger partial charge in [-0.2, -0.15) is 4.98 Å². The van der Waals surface area contributed by atoms with E-state index < -0.39 is 0 Å². The van der Waals surface area contributed by atoms with Crippen molar-refractivity contribution in [2.24, 2.45) is 0 Å². The number of hydrogen-bond acceptors (Lipinski definition) is 5. The van der Waals surface area contributed by atoms with Crippen molar-refractivity contribution in [3.8, 4) is 0 Å². The van der Waals surface area contributed by atoms with Gasteiger partial charge in [-0.05, 0) is 70.9 Å². The highest BCUT2D eigenvalue weighted by Gasteiger charge is 2.26. The van der Waals surface area contributed by atoms with Crippen LogP contribution in [0.4, 0.5) is 17.5 Å². The quantitative estimate of drug-likeness (QED) is 0.710. The molecule has 0 unspecified atom stereocenters. The standard InChI is InChI=1S/C20H29N5/c1-14-6-7-15(2)17(12-14)22-19-13-18(16-8-9-16)23-20(24-19)21-10-5-11-25(3)4/h6-7,12-13,16H,5,8-11H2,1-4H3,(H2,21,22,23,24). The van der Waals surface area contributed by atoms with Gasteiger partial charge in [0.05, 0.1) is 5.69 Å².